The third-order valence-corrected chi connectivity index (χ3v) is 7.78. The molecule has 5 nitrogen and oxygen atoms in total. The molecular formula is C23H21F2NO4S. The fourth-order valence-corrected chi connectivity index (χ4v) is 5.81. The summed E-state index contributed by atoms with van der Waals surface area (Å²) in [6, 6.07) is 5.41. The molecule has 1 fully saturated rings. The molecular weight excluding hydrogens is 424 g/mol. The Hall–Kier alpha value is -2.74. The molecule has 5 rings (SSSR count). The molecule has 162 valence electrons. The van der Waals surface area contributed by atoms with Gasteiger partial charge < -0.3 is 14.4 Å². The zero-order chi connectivity index (χ0) is 22.1. The first kappa shape index (κ1) is 20.2. The molecule has 1 unspecified atom stereocenters. The Morgan fingerprint density at radius 1 is 1.32 bits per heavy atom. The van der Waals surface area contributed by atoms with Gasteiger partial charge in [0.25, 0.3) is 5.92 Å². The van der Waals surface area contributed by atoms with Crippen LogP contribution in [0, 0.1) is 0 Å². The normalized spacial score (nSPS) is 19.9. The van der Waals surface area contributed by atoms with Gasteiger partial charge in [-0.2, -0.15) is 0 Å². The Kier molecular flexibility index (Phi) is 4.48. The lowest BCUT2D eigenvalue weighted by atomic mass is 9.87. The van der Waals surface area contributed by atoms with E-state index in [0.29, 0.717) is 22.6 Å². The molecule has 2 aliphatic rings. The number of halogens is 2. The van der Waals surface area contributed by atoms with E-state index >= 15 is 0 Å². The Bertz CT molecular complexity index is 1290. The van der Waals surface area contributed by atoms with Gasteiger partial charge in [-0.3, -0.25) is 4.79 Å². The van der Waals surface area contributed by atoms with Crippen LogP contribution in [0.5, 0.6) is 5.75 Å². The number of hydrogen-bond donors (Lipinski definition) is 1. The van der Waals surface area contributed by atoms with Gasteiger partial charge in [0.15, 0.2) is 5.75 Å². The number of ether oxygens (including phenoxy) is 1. The zero-order valence-corrected chi connectivity index (χ0v) is 17.9. The van der Waals surface area contributed by atoms with Gasteiger partial charge in [-0.1, -0.05) is 6.92 Å². The van der Waals surface area contributed by atoms with E-state index in [1.807, 2.05) is 10.6 Å². The average molecular weight is 445 g/mol. The van der Waals surface area contributed by atoms with Crippen molar-refractivity contribution in [2.75, 3.05) is 7.11 Å². The van der Waals surface area contributed by atoms with Crippen molar-refractivity contribution >= 4 is 28.2 Å². The SMILES string of the molecule is COc1c(-c2cc3c(s2)C(C)C(F)(F)CC3)ccc2c(=O)c(C(=O)O)cn(C3CC3)c12. The van der Waals surface area contributed by atoms with Gasteiger partial charge in [0.2, 0.25) is 5.43 Å². The van der Waals surface area contributed by atoms with Gasteiger partial charge in [0, 0.05) is 34.0 Å². The Labute approximate surface area is 180 Å². The van der Waals surface area contributed by atoms with Crippen molar-refractivity contribution in [1.82, 2.24) is 4.57 Å². The largest absolute Gasteiger partial charge is 0.494 e. The van der Waals surface area contributed by atoms with Gasteiger partial charge >= 0.3 is 5.97 Å². The number of nitrogens with zero attached hydrogens (tertiary/aromatic N) is 1. The summed E-state index contributed by atoms with van der Waals surface area (Å²) in [5.74, 6) is -4.35. The summed E-state index contributed by atoms with van der Waals surface area (Å²) in [4.78, 5) is 25.9. The monoisotopic (exact) mass is 445 g/mol. The van der Waals surface area contributed by atoms with Crippen LogP contribution in [-0.4, -0.2) is 28.7 Å². The maximum absolute atomic E-state index is 14.2. The molecule has 2 heterocycles. The topological polar surface area (TPSA) is 68.5 Å². The number of hydrogen-bond acceptors (Lipinski definition) is 4. The van der Waals surface area contributed by atoms with Crippen molar-refractivity contribution in [2.45, 2.75) is 50.5 Å². The van der Waals surface area contributed by atoms with Crippen molar-refractivity contribution < 1.29 is 23.4 Å². The number of methoxy groups -OCH3 is 1. The predicted octanol–water partition coefficient (Wildman–Crippen LogP) is 5.46. The second-order valence-electron chi connectivity index (χ2n) is 8.34. The van der Waals surface area contributed by atoms with Crippen LogP contribution in [0.3, 0.4) is 0 Å². The summed E-state index contributed by atoms with van der Waals surface area (Å²) in [5, 5.41) is 9.75. The van der Waals surface area contributed by atoms with Crippen LogP contribution in [0.15, 0.2) is 29.2 Å². The van der Waals surface area contributed by atoms with Crippen LogP contribution in [-0.2, 0) is 6.42 Å². The van der Waals surface area contributed by atoms with E-state index in [4.69, 9.17) is 4.74 Å². The molecule has 3 aromatic rings. The molecule has 0 amide bonds. The van der Waals surface area contributed by atoms with Crippen LogP contribution in [0.4, 0.5) is 8.78 Å². The molecule has 0 radical (unpaired) electrons. The van der Waals surface area contributed by atoms with E-state index in [1.54, 1.807) is 19.1 Å². The maximum Gasteiger partial charge on any atom is 0.341 e. The molecule has 8 heteroatoms. The Morgan fingerprint density at radius 2 is 2.06 bits per heavy atom. The number of thiophene rings is 1. The highest BCUT2D eigenvalue weighted by molar-refractivity contribution is 7.15. The summed E-state index contributed by atoms with van der Waals surface area (Å²) in [6.07, 6.45) is 3.35. The molecule has 1 aromatic carbocycles. The molecule has 1 saturated carbocycles. The van der Waals surface area contributed by atoms with Gasteiger partial charge in [0.05, 0.1) is 23.9 Å². The molecule has 1 atom stereocenters. The highest BCUT2D eigenvalue weighted by Crippen LogP contribution is 2.50. The van der Waals surface area contributed by atoms with Gasteiger partial charge in [-0.15, -0.1) is 11.3 Å². The third kappa shape index (κ3) is 3.07. The van der Waals surface area contributed by atoms with Crippen molar-refractivity contribution in [1.29, 1.82) is 0 Å². The minimum atomic E-state index is -2.72. The number of carboxylic acid groups (broad SMARTS) is 1. The molecule has 0 spiro atoms. The minimum Gasteiger partial charge on any atom is -0.494 e. The number of pyridine rings is 1. The molecule has 0 saturated heterocycles. The first-order chi connectivity index (χ1) is 14.7. The molecule has 1 N–H and O–H groups in total. The van der Waals surface area contributed by atoms with E-state index in [-0.39, 0.29) is 23.4 Å². The van der Waals surface area contributed by atoms with Crippen molar-refractivity contribution in [3.63, 3.8) is 0 Å². The number of benzene rings is 1. The number of aromatic nitrogens is 1. The summed E-state index contributed by atoms with van der Waals surface area (Å²) in [5.41, 5.74) is 1.39. The third-order valence-electron chi connectivity index (χ3n) is 6.38. The van der Waals surface area contributed by atoms with E-state index in [9.17, 15) is 23.5 Å². The van der Waals surface area contributed by atoms with Gasteiger partial charge in [0.1, 0.15) is 5.56 Å². The summed E-state index contributed by atoms with van der Waals surface area (Å²) >= 11 is 1.34. The summed E-state index contributed by atoms with van der Waals surface area (Å²) in [6.45, 7) is 1.56. The summed E-state index contributed by atoms with van der Waals surface area (Å²) < 4.78 is 36.0. The number of carboxylic acids is 1. The zero-order valence-electron chi connectivity index (χ0n) is 17.1. The number of alkyl halides is 2. The van der Waals surface area contributed by atoms with Crippen LogP contribution in [0.1, 0.15) is 58.9 Å². The fraction of sp³-hybridized carbons (Fsp3) is 0.391. The lowest BCUT2D eigenvalue weighted by Crippen LogP contribution is -2.28. The Morgan fingerprint density at radius 3 is 2.71 bits per heavy atom. The lowest BCUT2D eigenvalue weighted by Gasteiger charge is -2.28. The number of rotatable bonds is 4. The van der Waals surface area contributed by atoms with E-state index in [2.05, 4.69) is 0 Å². The lowest BCUT2D eigenvalue weighted by molar-refractivity contribution is -0.0347. The summed E-state index contributed by atoms with van der Waals surface area (Å²) in [7, 11) is 1.51. The van der Waals surface area contributed by atoms with Crippen LogP contribution in [0.25, 0.3) is 21.3 Å². The van der Waals surface area contributed by atoms with Crippen molar-refractivity contribution in [2.24, 2.45) is 0 Å². The number of aromatic carboxylic acids is 1. The first-order valence-corrected chi connectivity index (χ1v) is 11.0. The average Bonchev–Trinajstić information content (AvgIpc) is 3.48. The molecule has 2 aliphatic carbocycles. The maximum atomic E-state index is 14.2. The molecule has 0 aliphatic heterocycles. The van der Waals surface area contributed by atoms with Crippen LogP contribution in [0.2, 0.25) is 0 Å². The first-order valence-electron chi connectivity index (χ1n) is 10.2. The molecule has 0 bridgehead atoms. The highest BCUT2D eigenvalue weighted by atomic mass is 32.1. The Balaban J connectivity index is 1.75. The number of aryl methyl sites for hydroxylation is 1. The minimum absolute atomic E-state index is 0.112. The van der Waals surface area contributed by atoms with E-state index in [0.717, 1.165) is 28.8 Å². The fourth-order valence-electron chi connectivity index (χ4n) is 4.46. The van der Waals surface area contributed by atoms with Crippen LogP contribution >= 0.6 is 11.3 Å². The van der Waals surface area contributed by atoms with E-state index in [1.165, 1.54) is 24.6 Å². The second-order valence-corrected chi connectivity index (χ2v) is 9.42. The predicted molar refractivity (Wildman–Crippen MR) is 115 cm³/mol. The van der Waals surface area contributed by atoms with Gasteiger partial charge in [-0.25, -0.2) is 13.6 Å². The van der Waals surface area contributed by atoms with Crippen molar-refractivity contribution in [3.05, 3.63) is 50.6 Å². The number of carbonyl (C=O) groups is 1. The molecule has 31 heavy (non-hydrogen) atoms. The van der Waals surface area contributed by atoms with Gasteiger partial charge in [-0.05, 0) is 43.0 Å². The standard InChI is InChI=1S/C23H21F2NO4S/c1-11-21-12(7-8-23(11,24)25)9-17(31-21)14-5-6-15-18(20(14)30-2)26(13-3-4-13)10-16(19(15)27)22(28)29/h5-6,9-11,13H,3-4,7-8H2,1-2H3,(H,28,29). The number of fused-ring (bicyclic) bond motifs is 2. The second kappa shape index (κ2) is 6.88. The van der Waals surface area contributed by atoms with E-state index < -0.39 is 23.2 Å². The quantitative estimate of drug-likeness (QED) is 0.579. The molecule has 2 aromatic heterocycles. The smallest absolute Gasteiger partial charge is 0.341 e. The van der Waals surface area contributed by atoms with Crippen molar-refractivity contribution in [3.8, 4) is 16.2 Å². The highest BCUT2D eigenvalue weighted by Gasteiger charge is 2.42. The van der Waals surface area contributed by atoms with Crippen LogP contribution < -0.4 is 10.2 Å².